The van der Waals surface area contributed by atoms with E-state index >= 15 is 0 Å². The van der Waals surface area contributed by atoms with E-state index in [1.165, 1.54) is 0 Å². The Morgan fingerprint density at radius 3 is 2.56 bits per heavy atom. The van der Waals surface area contributed by atoms with Gasteiger partial charge in [-0.3, -0.25) is 9.98 Å². The van der Waals surface area contributed by atoms with E-state index in [1.807, 2.05) is 49.5 Å². The molecule has 0 saturated carbocycles. The first-order valence-corrected chi connectivity index (χ1v) is 5.76. The van der Waals surface area contributed by atoms with E-state index in [4.69, 9.17) is 0 Å². The molecule has 0 spiro atoms. The van der Waals surface area contributed by atoms with E-state index in [0.717, 1.165) is 21.4 Å². The topological polar surface area (TPSA) is 25.2 Å². The molecule has 16 heavy (non-hydrogen) atoms. The van der Waals surface area contributed by atoms with Crippen molar-refractivity contribution in [3.8, 4) is 0 Å². The van der Waals surface area contributed by atoms with Crippen molar-refractivity contribution in [3.63, 3.8) is 0 Å². The Morgan fingerprint density at radius 1 is 1.19 bits per heavy atom. The number of rotatable bonds is 2. The highest BCUT2D eigenvalue weighted by Gasteiger charge is 1.96. The van der Waals surface area contributed by atoms with Crippen molar-refractivity contribution in [1.29, 1.82) is 0 Å². The third-order valence-corrected chi connectivity index (χ3v) is 2.73. The summed E-state index contributed by atoms with van der Waals surface area (Å²) in [5.74, 6) is 0. The molecule has 0 saturated heterocycles. The van der Waals surface area contributed by atoms with E-state index in [9.17, 15) is 0 Å². The van der Waals surface area contributed by atoms with Gasteiger partial charge >= 0.3 is 0 Å². The van der Waals surface area contributed by atoms with Crippen LogP contribution < -0.4 is 0 Å². The summed E-state index contributed by atoms with van der Waals surface area (Å²) >= 11 is 3.40. The lowest BCUT2D eigenvalue weighted by atomic mass is 10.2. The molecule has 80 valence electrons. The molecule has 0 amide bonds. The predicted octanol–water partition coefficient (Wildman–Crippen LogP) is 3.98. The summed E-state index contributed by atoms with van der Waals surface area (Å²) in [4.78, 5) is 8.60. The first-order chi connectivity index (χ1) is 7.75. The number of aromatic nitrogens is 1. The maximum absolute atomic E-state index is 4.53. The molecule has 0 N–H and O–H groups in total. The molecular weight excluding hydrogens is 264 g/mol. The highest BCUT2D eigenvalue weighted by molar-refractivity contribution is 9.10. The van der Waals surface area contributed by atoms with Crippen LogP contribution in [0.2, 0.25) is 0 Å². The minimum atomic E-state index is 0.949. The van der Waals surface area contributed by atoms with Gasteiger partial charge < -0.3 is 0 Å². The Labute approximate surface area is 103 Å². The van der Waals surface area contributed by atoms with Gasteiger partial charge in [-0.25, -0.2) is 0 Å². The molecular formula is C13H11BrN2. The molecule has 0 atom stereocenters. The summed E-state index contributed by atoms with van der Waals surface area (Å²) in [5.41, 5.74) is 2.96. The second-order valence-corrected chi connectivity index (χ2v) is 4.33. The van der Waals surface area contributed by atoms with Crippen molar-refractivity contribution in [2.45, 2.75) is 6.92 Å². The van der Waals surface area contributed by atoms with Gasteiger partial charge in [-0.05, 0) is 37.3 Å². The number of nitrogens with zero attached hydrogens (tertiary/aromatic N) is 2. The average molecular weight is 275 g/mol. The van der Waals surface area contributed by atoms with E-state index in [2.05, 4.69) is 25.9 Å². The molecule has 0 aliphatic rings. The molecule has 2 aromatic rings. The summed E-state index contributed by atoms with van der Waals surface area (Å²) in [6.45, 7) is 1.99. The number of halogens is 1. The summed E-state index contributed by atoms with van der Waals surface area (Å²) in [7, 11) is 0. The molecule has 0 aliphatic carbocycles. The number of hydrogen-bond donors (Lipinski definition) is 0. The van der Waals surface area contributed by atoms with Gasteiger partial charge in [-0.15, -0.1) is 0 Å². The Kier molecular flexibility index (Phi) is 3.47. The van der Waals surface area contributed by atoms with Crippen LogP contribution in [-0.4, -0.2) is 10.7 Å². The summed E-state index contributed by atoms with van der Waals surface area (Å²) in [6, 6.07) is 11.8. The molecule has 2 rings (SSSR count). The summed E-state index contributed by atoms with van der Waals surface area (Å²) in [6.07, 6.45) is 3.58. The van der Waals surface area contributed by atoms with Gasteiger partial charge in [0.2, 0.25) is 0 Å². The molecule has 0 radical (unpaired) electrons. The fourth-order valence-electron chi connectivity index (χ4n) is 1.35. The van der Waals surface area contributed by atoms with Crippen molar-refractivity contribution in [3.05, 3.63) is 58.8 Å². The maximum atomic E-state index is 4.53. The smallest absolute Gasteiger partial charge is 0.0633 e. The van der Waals surface area contributed by atoms with E-state index < -0.39 is 0 Å². The van der Waals surface area contributed by atoms with Crippen molar-refractivity contribution in [2.75, 3.05) is 0 Å². The quantitative estimate of drug-likeness (QED) is 0.761. The van der Waals surface area contributed by atoms with Gasteiger partial charge in [0.25, 0.3) is 0 Å². The number of benzene rings is 1. The SMILES string of the molecule is CC(=Nc1ccc(Br)cc1)c1cccnc1. The van der Waals surface area contributed by atoms with Gasteiger partial charge in [-0.2, -0.15) is 0 Å². The van der Waals surface area contributed by atoms with Crippen molar-refractivity contribution < 1.29 is 0 Å². The fraction of sp³-hybridized carbons (Fsp3) is 0.0769. The van der Waals surface area contributed by atoms with E-state index in [0.29, 0.717) is 0 Å². The second kappa shape index (κ2) is 5.03. The molecule has 2 nitrogen and oxygen atoms in total. The summed E-state index contributed by atoms with van der Waals surface area (Å²) in [5, 5.41) is 0. The van der Waals surface area contributed by atoms with Gasteiger partial charge in [0.1, 0.15) is 0 Å². The van der Waals surface area contributed by atoms with Crippen LogP contribution in [0.25, 0.3) is 0 Å². The molecule has 0 unspecified atom stereocenters. The highest BCUT2D eigenvalue weighted by atomic mass is 79.9. The first kappa shape index (κ1) is 11.0. The largest absolute Gasteiger partial charge is 0.264 e. The van der Waals surface area contributed by atoms with E-state index in [1.54, 1.807) is 6.20 Å². The van der Waals surface area contributed by atoms with Crippen LogP contribution >= 0.6 is 15.9 Å². The molecule has 1 heterocycles. The van der Waals surface area contributed by atoms with Crippen molar-refractivity contribution >= 4 is 27.3 Å². The van der Waals surface area contributed by atoms with Gasteiger partial charge in [0.15, 0.2) is 0 Å². The molecule has 1 aromatic carbocycles. The highest BCUT2D eigenvalue weighted by Crippen LogP contribution is 2.17. The Bertz CT molecular complexity index is 489. The zero-order valence-corrected chi connectivity index (χ0v) is 10.5. The third kappa shape index (κ3) is 2.76. The molecule has 1 aromatic heterocycles. The normalized spacial score (nSPS) is 11.5. The fourth-order valence-corrected chi connectivity index (χ4v) is 1.61. The number of hydrogen-bond acceptors (Lipinski definition) is 2. The number of aliphatic imine (C=N–C) groups is 1. The van der Waals surface area contributed by atoms with Gasteiger partial charge in [0, 0.05) is 28.1 Å². The average Bonchev–Trinajstić information content (AvgIpc) is 2.33. The zero-order chi connectivity index (χ0) is 11.4. The van der Waals surface area contributed by atoms with Gasteiger partial charge in [-0.1, -0.05) is 22.0 Å². The lowest BCUT2D eigenvalue weighted by Crippen LogP contribution is -1.93. The minimum absolute atomic E-state index is 0.949. The van der Waals surface area contributed by atoms with Gasteiger partial charge in [0.05, 0.1) is 5.69 Å². The maximum Gasteiger partial charge on any atom is 0.0633 e. The van der Waals surface area contributed by atoms with Crippen LogP contribution in [0.4, 0.5) is 5.69 Å². The van der Waals surface area contributed by atoms with Crippen molar-refractivity contribution in [1.82, 2.24) is 4.98 Å². The lowest BCUT2D eigenvalue weighted by molar-refractivity contribution is 1.31. The van der Waals surface area contributed by atoms with Crippen LogP contribution in [0.5, 0.6) is 0 Å². The van der Waals surface area contributed by atoms with Crippen LogP contribution in [0.1, 0.15) is 12.5 Å². The second-order valence-electron chi connectivity index (χ2n) is 3.42. The van der Waals surface area contributed by atoms with Crippen molar-refractivity contribution in [2.24, 2.45) is 4.99 Å². The molecule has 0 aliphatic heterocycles. The first-order valence-electron chi connectivity index (χ1n) is 4.97. The minimum Gasteiger partial charge on any atom is -0.264 e. The van der Waals surface area contributed by atoms with Crippen LogP contribution in [0, 0.1) is 0 Å². The standard InChI is InChI=1S/C13H11BrN2/c1-10(11-3-2-8-15-9-11)16-13-6-4-12(14)5-7-13/h2-9H,1H3. The van der Waals surface area contributed by atoms with Crippen LogP contribution in [0.3, 0.4) is 0 Å². The molecule has 0 fully saturated rings. The zero-order valence-electron chi connectivity index (χ0n) is 8.89. The van der Waals surface area contributed by atoms with Crippen LogP contribution in [0.15, 0.2) is 58.3 Å². The van der Waals surface area contributed by atoms with E-state index in [-0.39, 0.29) is 0 Å². The van der Waals surface area contributed by atoms with Crippen LogP contribution in [-0.2, 0) is 0 Å². The Balaban J connectivity index is 2.28. The number of pyridine rings is 1. The predicted molar refractivity (Wildman–Crippen MR) is 70.3 cm³/mol. The monoisotopic (exact) mass is 274 g/mol. The third-order valence-electron chi connectivity index (χ3n) is 2.20. The Hall–Kier alpha value is -1.48. The Morgan fingerprint density at radius 2 is 1.94 bits per heavy atom. The summed E-state index contributed by atoms with van der Waals surface area (Å²) < 4.78 is 1.06. The molecule has 0 bridgehead atoms. The lowest BCUT2D eigenvalue weighted by Gasteiger charge is -2.00. The molecule has 3 heteroatoms.